The van der Waals surface area contributed by atoms with Crippen LogP contribution in [0.3, 0.4) is 0 Å². The minimum Gasteiger partial charge on any atom is -0.464 e. The van der Waals surface area contributed by atoms with Crippen LogP contribution in [0.15, 0.2) is 161 Å². The first-order valence-electron chi connectivity index (χ1n) is 14.5. The Kier molecular flexibility index (Phi) is 5.20. The molecule has 2 heterocycles. The molecule has 0 saturated heterocycles. The third-order valence-corrected chi connectivity index (χ3v) is 8.49. The molecule has 0 unspecified atom stereocenters. The van der Waals surface area contributed by atoms with Crippen molar-refractivity contribution in [2.75, 3.05) is 4.90 Å². The third-order valence-electron chi connectivity index (χ3n) is 8.49. The van der Waals surface area contributed by atoms with Gasteiger partial charge in [-0.3, -0.25) is 0 Å². The van der Waals surface area contributed by atoms with Gasteiger partial charge in [0.1, 0.15) is 16.7 Å². The first-order valence-corrected chi connectivity index (χ1v) is 14.5. The summed E-state index contributed by atoms with van der Waals surface area (Å²) in [6.45, 7) is 0. The zero-order valence-electron chi connectivity index (χ0n) is 23.2. The molecule has 3 nitrogen and oxygen atoms in total. The average Bonchev–Trinajstić information content (AvgIpc) is 3.68. The summed E-state index contributed by atoms with van der Waals surface area (Å²) in [6.07, 6.45) is 1.76. The van der Waals surface area contributed by atoms with Crippen LogP contribution in [0.2, 0.25) is 0 Å². The van der Waals surface area contributed by atoms with Gasteiger partial charge in [-0.1, -0.05) is 66.7 Å². The van der Waals surface area contributed by atoms with E-state index in [0.29, 0.717) is 0 Å². The normalized spacial score (nSPS) is 11.7. The lowest BCUT2D eigenvalue weighted by Crippen LogP contribution is -2.09. The number of fused-ring (bicyclic) bond motifs is 7. The molecular weight excluding hydrogens is 526 g/mol. The zero-order chi connectivity index (χ0) is 28.3. The molecule has 0 radical (unpaired) electrons. The van der Waals surface area contributed by atoms with Crippen LogP contribution in [0.1, 0.15) is 0 Å². The summed E-state index contributed by atoms with van der Waals surface area (Å²) in [5, 5.41) is 8.05. The van der Waals surface area contributed by atoms with Gasteiger partial charge in [0.05, 0.1) is 6.26 Å². The van der Waals surface area contributed by atoms with Crippen LogP contribution in [0, 0.1) is 0 Å². The first-order chi connectivity index (χ1) is 21.3. The molecule has 9 rings (SSSR count). The van der Waals surface area contributed by atoms with Gasteiger partial charge < -0.3 is 13.7 Å². The molecule has 3 heteroatoms. The van der Waals surface area contributed by atoms with E-state index in [1.165, 1.54) is 21.7 Å². The molecule has 43 heavy (non-hydrogen) atoms. The SMILES string of the molecule is c1ccc(N(c2ccccc2)c2ccc(-c3cc4cc5occc5cc4c4cc5oc6ccccc6c5cc34)cc2)cc1. The predicted molar refractivity (Wildman–Crippen MR) is 179 cm³/mol. The quantitative estimate of drug-likeness (QED) is 0.204. The van der Waals surface area contributed by atoms with E-state index in [4.69, 9.17) is 8.83 Å². The predicted octanol–water partition coefficient (Wildman–Crippen LogP) is 11.8. The highest BCUT2D eigenvalue weighted by molar-refractivity contribution is 6.21. The Morgan fingerprint density at radius 2 is 1.09 bits per heavy atom. The molecule has 202 valence electrons. The first kappa shape index (κ1) is 23.9. The van der Waals surface area contributed by atoms with Gasteiger partial charge in [-0.15, -0.1) is 0 Å². The molecule has 0 aliphatic carbocycles. The number of hydrogen-bond acceptors (Lipinski definition) is 3. The van der Waals surface area contributed by atoms with E-state index in [1.54, 1.807) is 6.26 Å². The van der Waals surface area contributed by atoms with E-state index in [0.717, 1.165) is 60.9 Å². The van der Waals surface area contributed by atoms with Gasteiger partial charge in [-0.05, 0) is 112 Å². The lowest BCUT2D eigenvalue weighted by Gasteiger charge is -2.25. The highest BCUT2D eigenvalue weighted by atomic mass is 16.3. The molecular formula is C40H25NO2. The number of anilines is 3. The molecule has 0 aliphatic rings. The van der Waals surface area contributed by atoms with Crippen molar-refractivity contribution < 1.29 is 8.83 Å². The van der Waals surface area contributed by atoms with Crippen molar-refractivity contribution >= 4 is 71.5 Å². The summed E-state index contributed by atoms with van der Waals surface area (Å²) < 4.78 is 12.1. The summed E-state index contributed by atoms with van der Waals surface area (Å²) in [7, 11) is 0. The van der Waals surface area contributed by atoms with E-state index >= 15 is 0 Å². The second kappa shape index (κ2) is 9.37. The number of nitrogens with zero attached hydrogens (tertiary/aromatic N) is 1. The minimum absolute atomic E-state index is 0.888. The second-order valence-corrected chi connectivity index (χ2v) is 11.0. The number of furan rings is 2. The van der Waals surface area contributed by atoms with E-state index in [2.05, 4.69) is 132 Å². The largest absolute Gasteiger partial charge is 0.464 e. The molecule has 0 N–H and O–H groups in total. The van der Waals surface area contributed by atoms with Crippen molar-refractivity contribution in [1.29, 1.82) is 0 Å². The maximum Gasteiger partial charge on any atom is 0.136 e. The molecule has 2 aromatic heterocycles. The number of rotatable bonds is 4. The summed E-state index contributed by atoms with van der Waals surface area (Å²) in [4.78, 5) is 2.29. The second-order valence-electron chi connectivity index (χ2n) is 11.0. The van der Waals surface area contributed by atoms with Crippen molar-refractivity contribution in [3.05, 3.63) is 152 Å². The minimum atomic E-state index is 0.888. The summed E-state index contributed by atoms with van der Waals surface area (Å²) in [6, 6.07) is 51.4. The molecule has 0 bridgehead atoms. The van der Waals surface area contributed by atoms with Gasteiger partial charge in [0.2, 0.25) is 0 Å². The Hall–Kier alpha value is -5.80. The lowest BCUT2D eigenvalue weighted by molar-refractivity contribution is 0.616. The van der Waals surface area contributed by atoms with Crippen LogP contribution >= 0.6 is 0 Å². The van der Waals surface area contributed by atoms with Crippen molar-refractivity contribution in [3.63, 3.8) is 0 Å². The fourth-order valence-electron chi connectivity index (χ4n) is 6.46. The fourth-order valence-corrected chi connectivity index (χ4v) is 6.46. The van der Waals surface area contributed by atoms with Gasteiger partial charge in [0.25, 0.3) is 0 Å². The van der Waals surface area contributed by atoms with Gasteiger partial charge in [-0.25, -0.2) is 0 Å². The van der Waals surface area contributed by atoms with Crippen LogP contribution < -0.4 is 4.90 Å². The van der Waals surface area contributed by atoms with E-state index in [-0.39, 0.29) is 0 Å². The zero-order valence-corrected chi connectivity index (χ0v) is 23.2. The standard InChI is InChI=1S/C40H25NO2/c1-3-9-29(10-4-1)41(30-11-5-2-6-12-30)31-17-15-26(16-18-31)33-22-28-23-39-27(19-20-42-39)21-34(28)36-25-40-37(24-35(33)36)32-13-7-8-14-38(32)43-40/h1-25H. The Morgan fingerprint density at radius 1 is 0.395 bits per heavy atom. The third kappa shape index (κ3) is 3.83. The fraction of sp³-hybridized carbons (Fsp3) is 0. The maximum absolute atomic E-state index is 6.33. The van der Waals surface area contributed by atoms with Crippen LogP contribution in [0.5, 0.6) is 0 Å². The summed E-state index contributed by atoms with van der Waals surface area (Å²) in [5.41, 5.74) is 8.37. The van der Waals surface area contributed by atoms with E-state index in [1.807, 2.05) is 18.2 Å². The monoisotopic (exact) mass is 551 g/mol. The van der Waals surface area contributed by atoms with E-state index < -0.39 is 0 Å². The number of hydrogen-bond donors (Lipinski definition) is 0. The van der Waals surface area contributed by atoms with Crippen molar-refractivity contribution in [1.82, 2.24) is 0 Å². The molecule has 0 aliphatic heterocycles. The van der Waals surface area contributed by atoms with Gasteiger partial charge in [0.15, 0.2) is 0 Å². The van der Waals surface area contributed by atoms with E-state index in [9.17, 15) is 0 Å². The molecule has 7 aromatic carbocycles. The molecule has 0 saturated carbocycles. The molecule has 0 atom stereocenters. The van der Waals surface area contributed by atoms with Gasteiger partial charge in [-0.2, -0.15) is 0 Å². The number of benzene rings is 7. The topological polar surface area (TPSA) is 29.5 Å². The van der Waals surface area contributed by atoms with Crippen molar-refractivity contribution in [3.8, 4) is 11.1 Å². The van der Waals surface area contributed by atoms with Crippen molar-refractivity contribution in [2.45, 2.75) is 0 Å². The molecule has 0 spiro atoms. The Bertz CT molecular complexity index is 2400. The lowest BCUT2D eigenvalue weighted by atomic mass is 9.91. The molecule has 0 fully saturated rings. The van der Waals surface area contributed by atoms with Gasteiger partial charge >= 0.3 is 0 Å². The smallest absolute Gasteiger partial charge is 0.136 e. The summed E-state index contributed by atoms with van der Waals surface area (Å²) >= 11 is 0. The Balaban J connectivity index is 1.28. The van der Waals surface area contributed by atoms with Gasteiger partial charge in [0, 0.05) is 33.2 Å². The molecule has 0 amide bonds. The Morgan fingerprint density at radius 3 is 1.86 bits per heavy atom. The maximum atomic E-state index is 6.33. The Labute approximate surface area is 247 Å². The molecule has 9 aromatic rings. The highest BCUT2D eigenvalue weighted by Gasteiger charge is 2.17. The van der Waals surface area contributed by atoms with Crippen LogP contribution in [-0.2, 0) is 0 Å². The van der Waals surface area contributed by atoms with Crippen LogP contribution in [0.4, 0.5) is 17.1 Å². The average molecular weight is 552 g/mol. The summed E-state index contributed by atoms with van der Waals surface area (Å²) in [5.74, 6) is 0. The van der Waals surface area contributed by atoms with Crippen LogP contribution in [-0.4, -0.2) is 0 Å². The number of para-hydroxylation sites is 3. The van der Waals surface area contributed by atoms with Crippen molar-refractivity contribution in [2.24, 2.45) is 0 Å². The highest BCUT2D eigenvalue weighted by Crippen LogP contribution is 2.42. The van der Waals surface area contributed by atoms with Crippen LogP contribution in [0.25, 0.3) is 65.6 Å².